The highest BCUT2D eigenvalue weighted by Crippen LogP contribution is 2.50. The Balaban J connectivity index is 0.970. The van der Waals surface area contributed by atoms with Crippen LogP contribution in [0.25, 0.3) is 88.0 Å². The Morgan fingerprint density at radius 1 is 0.386 bits per heavy atom. The van der Waals surface area contributed by atoms with E-state index >= 15 is 0 Å². The molecule has 1 nitrogen and oxygen atoms in total. The molecule has 0 aromatic heterocycles. The summed E-state index contributed by atoms with van der Waals surface area (Å²) in [6, 6.07) is 81.2. The molecule has 0 bridgehead atoms. The van der Waals surface area contributed by atoms with Gasteiger partial charge in [0.05, 0.1) is 0 Å². The molecule has 12 rings (SSSR count). The third kappa shape index (κ3) is 7.34. The van der Waals surface area contributed by atoms with Crippen LogP contribution in [0.1, 0.15) is 43.0 Å². The summed E-state index contributed by atoms with van der Waals surface area (Å²) in [5.41, 5.74) is 21.0. The SMILES string of the molecule is C=C(C)Sc1ccccc1-c1cccc(-c2cc(-c3ccc(N(c4cccc(-c5ccc6c(c5)-c5ccccc5C6(C)C)c4)c4ccc5c6ccccc6c6ccccc6c5c4)cc3)ccc2C)c1C. The number of benzene rings is 11. The van der Waals surface area contributed by atoms with Gasteiger partial charge in [-0.3, -0.25) is 0 Å². The van der Waals surface area contributed by atoms with Crippen molar-refractivity contribution in [3.63, 3.8) is 0 Å². The van der Waals surface area contributed by atoms with Gasteiger partial charge in [-0.15, -0.1) is 0 Å². The number of rotatable bonds is 9. The predicted octanol–water partition coefficient (Wildman–Crippen LogP) is 19.8. The van der Waals surface area contributed by atoms with Crippen LogP contribution in [0, 0.1) is 13.8 Å². The summed E-state index contributed by atoms with van der Waals surface area (Å²) in [7, 11) is 0. The summed E-state index contributed by atoms with van der Waals surface area (Å²) < 4.78 is 0. The molecule has 11 aromatic carbocycles. The summed E-state index contributed by atoms with van der Waals surface area (Å²) in [5, 5.41) is 7.59. The highest BCUT2D eigenvalue weighted by Gasteiger charge is 2.35. The van der Waals surface area contributed by atoms with Crippen molar-refractivity contribution in [1.82, 2.24) is 0 Å². The minimum absolute atomic E-state index is 0.0399. The van der Waals surface area contributed by atoms with E-state index in [2.05, 4.69) is 264 Å². The lowest BCUT2D eigenvalue weighted by atomic mass is 9.82. The molecule has 70 heavy (non-hydrogen) atoms. The van der Waals surface area contributed by atoms with E-state index < -0.39 is 0 Å². The Labute approximate surface area is 416 Å². The average Bonchev–Trinajstić information content (AvgIpc) is 3.62. The Morgan fingerprint density at radius 3 is 1.61 bits per heavy atom. The van der Waals surface area contributed by atoms with Crippen LogP contribution in [-0.2, 0) is 5.41 Å². The maximum Gasteiger partial charge on any atom is 0.0468 e. The molecule has 0 amide bonds. The van der Waals surface area contributed by atoms with Crippen molar-refractivity contribution >= 4 is 61.1 Å². The minimum Gasteiger partial charge on any atom is -0.310 e. The van der Waals surface area contributed by atoms with E-state index in [0.717, 1.165) is 22.0 Å². The largest absolute Gasteiger partial charge is 0.310 e. The molecule has 0 saturated heterocycles. The summed E-state index contributed by atoms with van der Waals surface area (Å²) in [4.78, 5) is 4.74. The maximum atomic E-state index is 4.19. The van der Waals surface area contributed by atoms with Gasteiger partial charge in [0.1, 0.15) is 0 Å². The van der Waals surface area contributed by atoms with Gasteiger partial charge >= 0.3 is 0 Å². The molecule has 0 N–H and O–H groups in total. The number of fused-ring (bicyclic) bond motifs is 9. The summed E-state index contributed by atoms with van der Waals surface area (Å²) in [6.07, 6.45) is 0. The number of hydrogen-bond donors (Lipinski definition) is 0. The van der Waals surface area contributed by atoms with E-state index in [1.54, 1.807) is 11.8 Å². The number of allylic oxidation sites excluding steroid dienone is 1. The second kappa shape index (κ2) is 17.2. The Morgan fingerprint density at radius 2 is 0.886 bits per heavy atom. The van der Waals surface area contributed by atoms with Crippen molar-refractivity contribution < 1.29 is 0 Å². The molecule has 0 saturated carbocycles. The van der Waals surface area contributed by atoms with Crippen LogP contribution in [0.5, 0.6) is 0 Å². The van der Waals surface area contributed by atoms with E-state index in [-0.39, 0.29) is 5.41 Å². The molecule has 0 unspecified atom stereocenters. The highest BCUT2D eigenvalue weighted by molar-refractivity contribution is 8.03. The molecule has 0 spiro atoms. The molecule has 11 aromatic rings. The Bertz CT molecular complexity index is 3860. The number of aryl methyl sites for hydroxylation is 1. The van der Waals surface area contributed by atoms with Gasteiger partial charge in [0.25, 0.3) is 0 Å². The smallest absolute Gasteiger partial charge is 0.0468 e. The first-order valence-electron chi connectivity index (χ1n) is 24.3. The van der Waals surface area contributed by atoms with Crippen LogP contribution in [0.3, 0.4) is 0 Å². The lowest BCUT2D eigenvalue weighted by Crippen LogP contribution is -2.14. The fourth-order valence-electron chi connectivity index (χ4n) is 11.3. The van der Waals surface area contributed by atoms with Crippen LogP contribution in [0.4, 0.5) is 17.1 Å². The van der Waals surface area contributed by atoms with Gasteiger partial charge in [-0.25, -0.2) is 0 Å². The summed E-state index contributed by atoms with van der Waals surface area (Å²) in [6.45, 7) is 15.4. The number of hydrogen-bond acceptors (Lipinski definition) is 2. The molecule has 0 radical (unpaired) electrons. The quantitative estimate of drug-likeness (QED) is 0.105. The van der Waals surface area contributed by atoms with E-state index in [1.165, 1.54) is 115 Å². The van der Waals surface area contributed by atoms with E-state index in [9.17, 15) is 0 Å². The highest BCUT2D eigenvalue weighted by atomic mass is 32.2. The van der Waals surface area contributed by atoms with Crippen LogP contribution in [-0.4, -0.2) is 0 Å². The maximum absolute atomic E-state index is 4.19. The monoisotopic (exact) mass is 915 g/mol. The van der Waals surface area contributed by atoms with Crippen molar-refractivity contribution in [3.05, 3.63) is 252 Å². The van der Waals surface area contributed by atoms with Crippen molar-refractivity contribution in [2.24, 2.45) is 0 Å². The first-order valence-corrected chi connectivity index (χ1v) is 25.2. The zero-order chi connectivity index (χ0) is 47.7. The third-order valence-electron chi connectivity index (χ3n) is 14.8. The van der Waals surface area contributed by atoms with E-state index in [0.29, 0.717) is 0 Å². The Hall–Kier alpha value is -7.91. The Kier molecular flexibility index (Phi) is 10.7. The predicted molar refractivity (Wildman–Crippen MR) is 303 cm³/mol. The molecule has 0 fully saturated rings. The molecule has 0 atom stereocenters. The van der Waals surface area contributed by atoms with Gasteiger partial charge in [-0.2, -0.15) is 0 Å². The topological polar surface area (TPSA) is 3.24 Å². The first kappa shape index (κ1) is 43.4. The average molecular weight is 916 g/mol. The third-order valence-corrected chi connectivity index (χ3v) is 15.7. The van der Waals surface area contributed by atoms with Crippen molar-refractivity contribution in [3.8, 4) is 55.6 Å². The standard InChI is InChI=1S/C68H53NS/c1-43(2)70-67-28-14-12-24-61(67)53-25-16-26-54(45(53)4)62-40-48(30-29-44(62)3)46-31-34-50(35-32-46)69(52-36-37-59-57-21-8-7-19-55(57)56-20-9-10-22-58(56)63(59)42-52)51-18-15-17-47(39-51)49-33-38-66-64(41-49)60-23-11-13-27-65(60)68(66,5)6/h7-42H,1H2,2-6H3. The zero-order valence-electron chi connectivity index (χ0n) is 40.3. The van der Waals surface area contributed by atoms with Gasteiger partial charge in [0.2, 0.25) is 0 Å². The minimum atomic E-state index is -0.0399. The molecule has 2 heteroatoms. The molecule has 336 valence electrons. The molecule has 0 heterocycles. The fraction of sp³-hybridized carbons (Fsp3) is 0.0882. The lowest BCUT2D eigenvalue weighted by Gasteiger charge is -2.27. The number of thioether (sulfide) groups is 1. The first-order chi connectivity index (χ1) is 34.1. The summed E-state index contributed by atoms with van der Waals surface area (Å²) >= 11 is 1.74. The van der Waals surface area contributed by atoms with E-state index in [4.69, 9.17) is 0 Å². The van der Waals surface area contributed by atoms with Gasteiger partial charge in [-0.1, -0.05) is 196 Å². The molecule has 1 aliphatic rings. The van der Waals surface area contributed by atoms with Gasteiger partial charge in [-0.05, 0) is 190 Å². The van der Waals surface area contributed by atoms with Crippen molar-refractivity contribution in [2.75, 3.05) is 4.90 Å². The molecular weight excluding hydrogens is 863 g/mol. The van der Waals surface area contributed by atoms with Crippen molar-refractivity contribution in [2.45, 2.75) is 44.9 Å². The molecule has 0 aliphatic heterocycles. The fourth-order valence-corrected chi connectivity index (χ4v) is 12.1. The zero-order valence-corrected chi connectivity index (χ0v) is 41.2. The van der Waals surface area contributed by atoms with Crippen molar-refractivity contribution in [1.29, 1.82) is 0 Å². The second-order valence-electron chi connectivity index (χ2n) is 19.5. The lowest BCUT2D eigenvalue weighted by molar-refractivity contribution is 0.660. The van der Waals surface area contributed by atoms with Crippen LogP contribution < -0.4 is 4.90 Å². The second-order valence-corrected chi connectivity index (χ2v) is 20.8. The number of anilines is 3. The summed E-state index contributed by atoms with van der Waals surface area (Å²) in [5.74, 6) is 0. The van der Waals surface area contributed by atoms with Crippen LogP contribution in [0.15, 0.2) is 235 Å². The normalized spacial score (nSPS) is 12.6. The van der Waals surface area contributed by atoms with Gasteiger partial charge in [0, 0.05) is 27.4 Å². The van der Waals surface area contributed by atoms with Gasteiger partial charge in [0.15, 0.2) is 0 Å². The molecule has 1 aliphatic carbocycles. The van der Waals surface area contributed by atoms with Crippen LogP contribution in [0.2, 0.25) is 0 Å². The van der Waals surface area contributed by atoms with Gasteiger partial charge < -0.3 is 4.90 Å². The number of nitrogens with zero attached hydrogens (tertiary/aromatic N) is 1. The van der Waals surface area contributed by atoms with E-state index in [1.807, 2.05) is 0 Å². The van der Waals surface area contributed by atoms with Crippen LogP contribution >= 0.6 is 11.8 Å². The molecular formula is C68H53NS.